The number of halogens is 3. The number of likely N-dealkylation sites (N-methyl/N-ethyl adjacent to an activating group) is 3. The zero-order valence-corrected chi connectivity index (χ0v) is 43.9. The van der Waals surface area contributed by atoms with Crippen LogP contribution in [0, 0.1) is 23.7 Å². The van der Waals surface area contributed by atoms with Gasteiger partial charge < -0.3 is 35.2 Å². The van der Waals surface area contributed by atoms with E-state index in [4.69, 9.17) is 9.47 Å². The van der Waals surface area contributed by atoms with E-state index < -0.39 is 87.2 Å². The largest absolute Gasteiger partial charge is 0.471 e. The van der Waals surface area contributed by atoms with Gasteiger partial charge in [-0.3, -0.25) is 33.7 Å². The van der Waals surface area contributed by atoms with E-state index in [0.717, 1.165) is 24.3 Å². The van der Waals surface area contributed by atoms with Gasteiger partial charge >= 0.3 is 12.1 Å². The number of hydrogen-bond acceptors (Lipinski definition) is 11. The van der Waals surface area contributed by atoms with E-state index in [-0.39, 0.29) is 60.5 Å². The molecule has 0 bridgehead atoms. The Hall–Kier alpha value is -5.12. The second-order valence-electron chi connectivity index (χ2n) is 18.5. The third kappa shape index (κ3) is 16.8. The number of anilines is 1. The molecule has 70 heavy (non-hydrogen) atoms. The quantitative estimate of drug-likeness (QED) is 0.0935. The van der Waals surface area contributed by atoms with Crippen LogP contribution in [0.15, 0.2) is 59.5 Å². The summed E-state index contributed by atoms with van der Waals surface area (Å²) >= 11 is 0. The molecule has 0 saturated carbocycles. The van der Waals surface area contributed by atoms with Crippen molar-refractivity contribution in [1.82, 2.24) is 30.1 Å². The van der Waals surface area contributed by atoms with E-state index in [2.05, 4.69) is 10.6 Å². The van der Waals surface area contributed by atoms with Gasteiger partial charge in [-0.2, -0.15) is 13.2 Å². The van der Waals surface area contributed by atoms with Gasteiger partial charge in [0.25, 0.3) is 15.9 Å². The van der Waals surface area contributed by atoms with Crippen LogP contribution in [-0.2, 0) is 54.7 Å². The van der Waals surface area contributed by atoms with Crippen LogP contribution in [0.25, 0.3) is 0 Å². The molecule has 17 nitrogen and oxygen atoms in total. The molecule has 0 heterocycles. The highest BCUT2D eigenvalue weighted by atomic mass is 32.2. The monoisotopic (exact) mass is 1010 g/mol. The Labute approximate surface area is 412 Å². The number of ether oxygens (including phenoxy) is 2. The summed E-state index contributed by atoms with van der Waals surface area (Å²) in [7, 11) is 3.49. The minimum Gasteiger partial charge on any atom is -0.379 e. The summed E-state index contributed by atoms with van der Waals surface area (Å²) in [6, 6.07) is 8.04. The maximum absolute atomic E-state index is 14.5. The van der Waals surface area contributed by atoms with E-state index in [1.54, 1.807) is 66.3 Å². The summed E-state index contributed by atoms with van der Waals surface area (Å²) in [4.78, 5) is 86.3. The molecule has 0 saturated heterocycles. The minimum absolute atomic E-state index is 0.0230. The summed E-state index contributed by atoms with van der Waals surface area (Å²) in [5.41, 5.74) is 0.226. The topological polar surface area (TPSA) is 213 Å². The molecule has 394 valence electrons. The molecule has 2 aromatic carbocycles. The number of rotatable bonds is 27. The standard InChI is InChI=1S/C49H76F3N7O10S/c1-15-31(8)42(58(12)47(64)40(29(4)5)55-46(63)41(30(6)7)57(10)11)38(68-13)28-39(60)59(17-3)37(16-2)43(69-14)32(9)44(61)54-36(27-33-21-19-18-20-22-33)45(62)56-70(66,67)35-25-23-34(24-26-35)53-48(65)49(50,51)52/h18-26,29-32,36-38,40-43H,15-17,27-28H2,1-14H3,(H,53,65)(H,54,61)(H,55,63)(H,56,62)/t31-,32+,36-,37-,38+,40-,41-,42-,43+/m0/s1. The smallest absolute Gasteiger partial charge is 0.379 e. The predicted octanol–water partition coefficient (Wildman–Crippen LogP) is 5.00. The first-order chi connectivity index (χ1) is 32.6. The minimum atomic E-state index is -5.18. The molecule has 0 unspecified atom stereocenters. The first-order valence-electron chi connectivity index (χ1n) is 23.6. The van der Waals surface area contributed by atoms with Gasteiger partial charge in [-0.05, 0) is 75.0 Å². The van der Waals surface area contributed by atoms with Crippen LogP contribution in [0.5, 0.6) is 0 Å². The Morgan fingerprint density at radius 3 is 1.79 bits per heavy atom. The average molecular weight is 1010 g/mol. The molecular formula is C49H76F3N7O10S. The highest BCUT2D eigenvalue weighted by molar-refractivity contribution is 7.90. The second kappa shape index (κ2) is 27.5. The SMILES string of the molecule is CC[C@H](C)[C@@H]([C@@H](CC(=O)N(CC)[C@@H](CC)[C@H](OC)[C@@H](C)C(=O)N[C@@H](Cc1ccccc1)C(=O)NS(=O)(=O)c1ccc(NC(=O)C(F)(F)F)cc1)OC)N(C)C(=O)[C@@H](NC(=O)[C@H](C(C)C)N(C)C)C(C)C. The number of benzene rings is 2. The Bertz CT molecular complexity index is 2140. The van der Waals surface area contributed by atoms with Crippen LogP contribution in [0.2, 0.25) is 0 Å². The van der Waals surface area contributed by atoms with Crippen molar-refractivity contribution in [2.45, 2.75) is 141 Å². The Morgan fingerprint density at radius 2 is 1.33 bits per heavy atom. The van der Waals surface area contributed by atoms with Crippen LogP contribution >= 0.6 is 0 Å². The zero-order valence-electron chi connectivity index (χ0n) is 43.0. The van der Waals surface area contributed by atoms with Crippen LogP contribution in [0.4, 0.5) is 18.9 Å². The third-order valence-electron chi connectivity index (χ3n) is 12.6. The lowest BCUT2D eigenvalue weighted by Gasteiger charge is -2.42. The molecule has 0 aliphatic heterocycles. The summed E-state index contributed by atoms with van der Waals surface area (Å²) in [5.74, 6) is -6.48. The van der Waals surface area contributed by atoms with E-state index in [1.165, 1.54) is 14.2 Å². The number of amides is 6. The first kappa shape index (κ1) is 61.0. The highest BCUT2D eigenvalue weighted by Gasteiger charge is 2.42. The predicted molar refractivity (Wildman–Crippen MR) is 260 cm³/mol. The van der Waals surface area contributed by atoms with Gasteiger partial charge in [-0.25, -0.2) is 13.1 Å². The summed E-state index contributed by atoms with van der Waals surface area (Å²) in [5, 5.41) is 7.28. The van der Waals surface area contributed by atoms with Crippen molar-refractivity contribution >= 4 is 51.2 Å². The molecule has 0 fully saturated rings. The van der Waals surface area contributed by atoms with Crippen molar-refractivity contribution in [2.75, 3.05) is 47.2 Å². The molecule has 0 spiro atoms. The van der Waals surface area contributed by atoms with E-state index in [0.29, 0.717) is 18.4 Å². The number of hydrogen-bond donors (Lipinski definition) is 4. The number of methoxy groups -OCH3 is 2. The van der Waals surface area contributed by atoms with Gasteiger partial charge in [0.1, 0.15) is 12.1 Å². The third-order valence-corrected chi connectivity index (χ3v) is 14.0. The number of alkyl halides is 3. The lowest BCUT2D eigenvalue weighted by atomic mass is 9.89. The summed E-state index contributed by atoms with van der Waals surface area (Å²) in [6.45, 7) is 16.9. The van der Waals surface area contributed by atoms with Gasteiger partial charge in [0.2, 0.25) is 23.6 Å². The van der Waals surface area contributed by atoms with Crippen molar-refractivity contribution in [3.8, 4) is 0 Å². The highest BCUT2D eigenvalue weighted by Crippen LogP contribution is 2.27. The molecule has 0 radical (unpaired) electrons. The molecule has 0 aliphatic carbocycles. The molecule has 9 atom stereocenters. The zero-order chi connectivity index (χ0) is 53.4. The van der Waals surface area contributed by atoms with Crippen molar-refractivity contribution < 1.29 is 59.8 Å². The Kier molecular flexibility index (Phi) is 23.9. The Balaban J connectivity index is 2.41. The van der Waals surface area contributed by atoms with Crippen LogP contribution in [-0.4, -0.2) is 149 Å². The van der Waals surface area contributed by atoms with Crippen molar-refractivity contribution in [3.05, 3.63) is 60.2 Å². The molecule has 0 aliphatic rings. The van der Waals surface area contributed by atoms with Gasteiger partial charge in [0.05, 0.1) is 47.6 Å². The van der Waals surface area contributed by atoms with Gasteiger partial charge in [0, 0.05) is 39.9 Å². The van der Waals surface area contributed by atoms with Gasteiger partial charge in [0.15, 0.2) is 0 Å². The van der Waals surface area contributed by atoms with Crippen LogP contribution in [0.1, 0.15) is 87.1 Å². The molecule has 0 aromatic heterocycles. The lowest BCUT2D eigenvalue weighted by Crippen LogP contribution is -2.60. The lowest BCUT2D eigenvalue weighted by molar-refractivity contribution is -0.167. The summed E-state index contributed by atoms with van der Waals surface area (Å²) < 4.78 is 78.9. The van der Waals surface area contributed by atoms with Crippen molar-refractivity contribution in [3.63, 3.8) is 0 Å². The second-order valence-corrected chi connectivity index (χ2v) is 20.2. The number of sulfonamides is 1. The fourth-order valence-corrected chi connectivity index (χ4v) is 9.76. The molecular weight excluding hydrogens is 936 g/mol. The maximum Gasteiger partial charge on any atom is 0.471 e. The molecule has 2 rings (SSSR count). The Morgan fingerprint density at radius 1 is 0.743 bits per heavy atom. The van der Waals surface area contributed by atoms with E-state index in [1.807, 2.05) is 72.2 Å². The molecule has 4 N–H and O–H groups in total. The van der Waals surface area contributed by atoms with Gasteiger partial charge in [-0.1, -0.05) is 92.1 Å². The van der Waals surface area contributed by atoms with Crippen molar-refractivity contribution in [1.29, 1.82) is 0 Å². The number of carbonyl (C=O) groups excluding carboxylic acids is 6. The molecule has 21 heteroatoms. The van der Waals surface area contributed by atoms with Crippen LogP contribution in [0.3, 0.4) is 0 Å². The average Bonchev–Trinajstić information content (AvgIpc) is 3.29. The normalized spacial score (nSPS) is 15.9. The fourth-order valence-electron chi connectivity index (χ4n) is 8.74. The number of nitrogens with one attached hydrogen (secondary N) is 4. The number of nitrogens with zero attached hydrogens (tertiary/aromatic N) is 3. The first-order valence-corrected chi connectivity index (χ1v) is 25.1. The summed E-state index contributed by atoms with van der Waals surface area (Å²) in [6.07, 6.45) is -6.26. The molecule has 2 aromatic rings. The van der Waals surface area contributed by atoms with Crippen molar-refractivity contribution in [2.24, 2.45) is 23.7 Å². The molecule has 6 amide bonds. The van der Waals surface area contributed by atoms with E-state index >= 15 is 0 Å². The number of carbonyl (C=O) groups is 6. The maximum atomic E-state index is 14.5. The van der Waals surface area contributed by atoms with E-state index in [9.17, 15) is 50.4 Å². The van der Waals surface area contributed by atoms with Gasteiger partial charge in [-0.15, -0.1) is 0 Å². The fraction of sp³-hybridized carbons (Fsp3) is 0.633. The van der Waals surface area contributed by atoms with Crippen LogP contribution < -0.4 is 20.7 Å².